The molecule has 7 heteroatoms. The lowest BCUT2D eigenvalue weighted by molar-refractivity contribution is -0.140. The fourth-order valence-electron chi connectivity index (χ4n) is 4.03. The molecule has 1 aromatic rings. The molecule has 1 atom stereocenters. The molecule has 0 bridgehead atoms. The molecule has 6 nitrogen and oxygen atoms in total. The zero-order valence-electron chi connectivity index (χ0n) is 15.7. The van der Waals surface area contributed by atoms with Gasteiger partial charge in [0.2, 0.25) is 0 Å². The number of carbonyl (C=O) groups excluding carboxylic acids is 2. The smallest absolute Gasteiger partial charge is 0.338 e. The normalized spacial score (nSPS) is 22.3. The summed E-state index contributed by atoms with van der Waals surface area (Å²) in [5.41, 5.74) is 1.44. The van der Waals surface area contributed by atoms with Crippen LogP contribution in [0.1, 0.15) is 54.4 Å². The highest BCUT2D eigenvalue weighted by atomic mass is 32.2. The monoisotopic (exact) mass is 393 g/mol. The number of aryl methyl sites for hydroxylation is 1. The Hall–Kier alpha value is -1.89. The number of rotatable bonds is 5. The largest absolute Gasteiger partial charge is 0.452 e. The quantitative estimate of drug-likeness (QED) is 0.718. The van der Waals surface area contributed by atoms with Gasteiger partial charge in [-0.1, -0.05) is 37.0 Å². The number of sulfone groups is 1. The van der Waals surface area contributed by atoms with Crippen LogP contribution in [-0.2, 0) is 19.4 Å². The molecular weight excluding hydrogens is 366 g/mol. The fraction of sp³-hybridized carbons (Fsp3) is 0.600. The van der Waals surface area contributed by atoms with Crippen molar-refractivity contribution in [2.75, 3.05) is 18.1 Å². The predicted octanol–water partition coefficient (Wildman–Crippen LogP) is 2.50. The van der Waals surface area contributed by atoms with Crippen LogP contribution in [-0.4, -0.2) is 55.4 Å². The van der Waals surface area contributed by atoms with E-state index in [1.54, 1.807) is 17.0 Å². The molecule has 1 saturated carbocycles. The highest BCUT2D eigenvalue weighted by molar-refractivity contribution is 7.91. The standard InChI is InChI=1S/C20H27NO5S/c1-15-7-9-16(10-8-15)20(23)26-13-19(22)21(17-5-3-2-4-6-17)18-11-12-27(24,25)14-18/h7-10,17-18H,2-6,11-14H2,1H3/t18-/m1/s1. The van der Waals surface area contributed by atoms with Crippen LogP contribution in [0.25, 0.3) is 0 Å². The van der Waals surface area contributed by atoms with Crippen molar-refractivity contribution in [1.29, 1.82) is 0 Å². The van der Waals surface area contributed by atoms with Gasteiger partial charge in [-0.15, -0.1) is 0 Å². The third-order valence-corrected chi connectivity index (χ3v) is 7.22. The Morgan fingerprint density at radius 1 is 1.04 bits per heavy atom. The molecular formula is C20H27NO5S. The minimum Gasteiger partial charge on any atom is -0.452 e. The Morgan fingerprint density at radius 3 is 2.30 bits per heavy atom. The summed E-state index contributed by atoms with van der Waals surface area (Å²) < 4.78 is 29.0. The molecule has 3 rings (SSSR count). The number of hydrogen-bond acceptors (Lipinski definition) is 5. The van der Waals surface area contributed by atoms with Crippen molar-refractivity contribution in [2.24, 2.45) is 0 Å². The minimum atomic E-state index is -3.09. The van der Waals surface area contributed by atoms with Crippen molar-refractivity contribution in [3.05, 3.63) is 35.4 Å². The zero-order valence-corrected chi connectivity index (χ0v) is 16.5. The topological polar surface area (TPSA) is 80.8 Å². The number of nitrogens with zero attached hydrogens (tertiary/aromatic N) is 1. The summed E-state index contributed by atoms with van der Waals surface area (Å²) >= 11 is 0. The number of carbonyl (C=O) groups is 2. The van der Waals surface area contributed by atoms with Gasteiger partial charge in [-0.2, -0.15) is 0 Å². The third-order valence-electron chi connectivity index (χ3n) is 5.47. The molecule has 1 heterocycles. The van der Waals surface area contributed by atoms with Gasteiger partial charge in [-0.3, -0.25) is 4.79 Å². The molecule has 148 valence electrons. The van der Waals surface area contributed by atoms with Crippen LogP contribution >= 0.6 is 0 Å². The van der Waals surface area contributed by atoms with E-state index in [0.717, 1.165) is 37.7 Å². The van der Waals surface area contributed by atoms with E-state index < -0.39 is 15.8 Å². The van der Waals surface area contributed by atoms with Gasteiger partial charge < -0.3 is 9.64 Å². The highest BCUT2D eigenvalue weighted by Crippen LogP contribution is 2.28. The van der Waals surface area contributed by atoms with Gasteiger partial charge in [0, 0.05) is 12.1 Å². The van der Waals surface area contributed by atoms with Gasteiger partial charge in [0.1, 0.15) is 0 Å². The predicted molar refractivity (Wildman–Crippen MR) is 102 cm³/mol. The maximum atomic E-state index is 12.9. The summed E-state index contributed by atoms with van der Waals surface area (Å²) in [6.07, 6.45) is 5.46. The summed E-state index contributed by atoms with van der Waals surface area (Å²) in [6.45, 7) is 1.58. The van der Waals surface area contributed by atoms with Crippen LogP contribution in [0.3, 0.4) is 0 Å². The number of benzene rings is 1. The van der Waals surface area contributed by atoms with Crippen molar-refractivity contribution in [3.8, 4) is 0 Å². The fourth-order valence-corrected chi connectivity index (χ4v) is 5.75. The second-order valence-electron chi connectivity index (χ2n) is 7.59. The number of hydrogen-bond donors (Lipinski definition) is 0. The summed E-state index contributed by atoms with van der Waals surface area (Å²) in [5, 5.41) is 0. The van der Waals surface area contributed by atoms with Gasteiger partial charge in [-0.25, -0.2) is 13.2 Å². The Bertz CT molecular complexity index is 781. The molecule has 0 unspecified atom stereocenters. The van der Waals surface area contributed by atoms with Gasteiger partial charge >= 0.3 is 5.97 Å². The van der Waals surface area contributed by atoms with Gasteiger partial charge in [0.15, 0.2) is 16.4 Å². The van der Waals surface area contributed by atoms with Crippen LogP contribution in [0.15, 0.2) is 24.3 Å². The van der Waals surface area contributed by atoms with Crippen LogP contribution in [0.5, 0.6) is 0 Å². The molecule has 1 amide bonds. The van der Waals surface area contributed by atoms with E-state index in [1.165, 1.54) is 0 Å². The average molecular weight is 394 g/mol. The van der Waals surface area contributed by atoms with Gasteiger partial charge in [0.25, 0.3) is 5.91 Å². The molecule has 2 aliphatic rings. The van der Waals surface area contributed by atoms with Gasteiger partial charge in [0.05, 0.1) is 17.1 Å². The Kier molecular flexibility index (Phi) is 6.19. The van der Waals surface area contributed by atoms with Crippen molar-refractivity contribution in [1.82, 2.24) is 4.90 Å². The lowest BCUT2D eigenvalue weighted by atomic mass is 9.93. The second-order valence-corrected chi connectivity index (χ2v) is 9.82. The molecule has 0 N–H and O–H groups in total. The maximum absolute atomic E-state index is 12.9. The van der Waals surface area contributed by atoms with E-state index in [9.17, 15) is 18.0 Å². The van der Waals surface area contributed by atoms with E-state index >= 15 is 0 Å². The van der Waals surface area contributed by atoms with E-state index in [-0.39, 0.29) is 36.1 Å². The van der Waals surface area contributed by atoms with Crippen LogP contribution < -0.4 is 0 Å². The first-order chi connectivity index (χ1) is 12.9. The minimum absolute atomic E-state index is 0.0150. The van der Waals surface area contributed by atoms with Crippen LogP contribution in [0.4, 0.5) is 0 Å². The SMILES string of the molecule is Cc1ccc(C(=O)OCC(=O)N(C2CCCCC2)[C@@H]2CCS(=O)(=O)C2)cc1. The highest BCUT2D eigenvalue weighted by Gasteiger charge is 2.38. The van der Waals surface area contributed by atoms with Crippen molar-refractivity contribution < 1.29 is 22.7 Å². The molecule has 1 saturated heterocycles. The Balaban J connectivity index is 1.67. The molecule has 0 spiro atoms. The summed E-state index contributed by atoms with van der Waals surface area (Å²) in [6, 6.07) is 6.72. The first kappa shape index (κ1) is 19.9. The third kappa shape index (κ3) is 5.09. The first-order valence-electron chi connectivity index (χ1n) is 9.61. The van der Waals surface area contributed by atoms with Gasteiger partial charge in [-0.05, 0) is 38.3 Å². The first-order valence-corrected chi connectivity index (χ1v) is 11.4. The van der Waals surface area contributed by atoms with Crippen molar-refractivity contribution in [2.45, 2.75) is 57.5 Å². The Morgan fingerprint density at radius 2 is 1.70 bits per heavy atom. The van der Waals surface area contributed by atoms with E-state index in [2.05, 4.69) is 0 Å². The molecule has 1 aromatic carbocycles. The average Bonchev–Trinajstić information content (AvgIpc) is 3.00. The second kappa shape index (κ2) is 8.42. The molecule has 27 heavy (non-hydrogen) atoms. The molecule has 2 fully saturated rings. The molecule has 0 aromatic heterocycles. The molecule has 1 aliphatic carbocycles. The maximum Gasteiger partial charge on any atom is 0.338 e. The number of esters is 1. The lowest BCUT2D eigenvalue weighted by Crippen LogP contribution is -2.50. The lowest BCUT2D eigenvalue weighted by Gasteiger charge is -2.38. The summed E-state index contributed by atoms with van der Waals surface area (Å²) in [7, 11) is -3.09. The van der Waals surface area contributed by atoms with Crippen LogP contribution in [0.2, 0.25) is 0 Å². The Labute approximate surface area is 160 Å². The number of amides is 1. The van der Waals surface area contributed by atoms with E-state index in [4.69, 9.17) is 4.74 Å². The van der Waals surface area contributed by atoms with E-state index in [0.29, 0.717) is 12.0 Å². The van der Waals surface area contributed by atoms with Crippen LogP contribution in [0, 0.1) is 6.92 Å². The van der Waals surface area contributed by atoms with E-state index in [1.807, 2.05) is 19.1 Å². The van der Waals surface area contributed by atoms with Crippen molar-refractivity contribution >= 4 is 21.7 Å². The zero-order chi connectivity index (χ0) is 19.4. The van der Waals surface area contributed by atoms with Crippen molar-refractivity contribution in [3.63, 3.8) is 0 Å². The molecule has 0 radical (unpaired) electrons. The summed E-state index contributed by atoms with van der Waals surface area (Å²) in [5.74, 6) is -0.686. The molecule has 1 aliphatic heterocycles. The number of ether oxygens (including phenoxy) is 1. The summed E-state index contributed by atoms with van der Waals surface area (Å²) in [4.78, 5) is 26.8.